The molecule has 0 unspecified atom stereocenters. The summed E-state index contributed by atoms with van der Waals surface area (Å²) in [7, 11) is 0. The number of nitrogens with zero attached hydrogens (tertiary/aromatic N) is 4. The molecule has 0 aliphatic carbocycles. The first-order valence-corrected chi connectivity index (χ1v) is 7.42. The normalized spacial score (nSPS) is 15.3. The van der Waals surface area contributed by atoms with E-state index in [1.54, 1.807) is 0 Å². The Balaban J connectivity index is 1.72. The lowest BCUT2D eigenvalue weighted by Crippen LogP contribution is -2.47. The summed E-state index contributed by atoms with van der Waals surface area (Å²) in [5.74, 6) is 0.709. The molecule has 2 aromatic rings. The monoisotopic (exact) mass is 323 g/mol. The van der Waals surface area contributed by atoms with Gasteiger partial charge in [0.15, 0.2) is 11.0 Å². The highest BCUT2D eigenvalue weighted by Gasteiger charge is 2.21. The Morgan fingerprint density at radius 3 is 2.43 bits per heavy atom. The summed E-state index contributed by atoms with van der Waals surface area (Å²) in [4.78, 5) is 12.5. The fourth-order valence-corrected chi connectivity index (χ4v) is 2.78. The molecular weight excluding hydrogens is 309 g/mol. The first kappa shape index (κ1) is 14.2. The van der Waals surface area contributed by atoms with E-state index in [0.29, 0.717) is 16.7 Å². The molecule has 0 bridgehead atoms. The summed E-state index contributed by atoms with van der Waals surface area (Å²) in [6, 6.07) is 7.89. The third kappa shape index (κ3) is 2.99. The second kappa shape index (κ2) is 5.95. The van der Waals surface area contributed by atoms with Gasteiger partial charge in [-0.25, -0.2) is 9.97 Å². The molecule has 5 nitrogen and oxygen atoms in total. The van der Waals surface area contributed by atoms with Crippen molar-refractivity contribution in [2.45, 2.75) is 0 Å². The van der Waals surface area contributed by atoms with E-state index in [1.807, 2.05) is 18.2 Å². The van der Waals surface area contributed by atoms with Gasteiger partial charge in [0.25, 0.3) is 0 Å². The molecule has 0 amide bonds. The molecule has 1 fully saturated rings. The lowest BCUT2D eigenvalue weighted by atomic mass is 10.2. The Labute approximate surface area is 133 Å². The third-order valence-corrected chi connectivity index (χ3v) is 4.10. The SMILES string of the molecule is Nc1c(Cl)ncnc1N1CCN(c2cccc(Cl)c2)CC1. The van der Waals surface area contributed by atoms with Crippen molar-refractivity contribution in [3.05, 3.63) is 40.8 Å². The number of benzene rings is 1. The number of rotatable bonds is 2. The van der Waals surface area contributed by atoms with Gasteiger partial charge in [-0.2, -0.15) is 0 Å². The van der Waals surface area contributed by atoms with Gasteiger partial charge in [-0.3, -0.25) is 0 Å². The Morgan fingerprint density at radius 1 is 1.00 bits per heavy atom. The van der Waals surface area contributed by atoms with Crippen LogP contribution in [-0.4, -0.2) is 36.1 Å². The van der Waals surface area contributed by atoms with E-state index in [1.165, 1.54) is 6.33 Å². The molecule has 2 heterocycles. The van der Waals surface area contributed by atoms with E-state index < -0.39 is 0 Å². The summed E-state index contributed by atoms with van der Waals surface area (Å²) in [6.45, 7) is 3.40. The minimum Gasteiger partial charge on any atom is -0.393 e. The molecule has 1 aliphatic heterocycles. The van der Waals surface area contributed by atoms with Crippen LogP contribution in [0, 0.1) is 0 Å². The molecule has 1 saturated heterocycles. The molecule has 7 heteroatoms. The standard InChI is InChI=1S/C14H15Cl2N5/c15-10-2-1-3-11(8-10)20-4-6-21(7-5-20)14-12(17)13(16)18-9-19-14/h1-3,8-9H,4-7,17H2. The van der Waals surface area contributed by atoms with Crippen molar-refractivity contribution in [2.75, 3.05) is 41.7 Å². The lowest BCUT2D eigenvalue weighted by molar-refractivity contribution is 0.647. The third-order valence-electron chi connectivity index (χ3n) is 3.57. The van der Waals surface area contributed by atoms with Gasteiger partial charge in [0.2, 0.25) is 0 Å². The van der Waals surface area contributed by atoms with E-state index in [4.69, 9.17) is 28.9 Å². The first-order chi connectivity index (χ1) is 10.1. The number of piperazine rings is 1. The van der Waals surface area contributed by atoms with Crippen LogP contribution >= 0.6 is 23.2 Å². The van der Waals surface area contributed by atoms with Crippen LogP contribution in [0.5, 0.6) is 0 Å². The second-order valence-electron chi connectivity index (χ2n) is 4.86. The molecule has 2 N–H and O–H groups in total. The number of halogens is 2. The average Bonchev–Trinajstić information content (AvgIpc) is 2.50. The molecule has 21 heavy (non-hydrogen) atoms. The molecule has 3 rings (SSSR count). The molecule has 1 aromatic carbocycles. The maximum absolute atomic E-state index is 6.04. The smallest absolute Gasteiger partial charge is 0.157 e. The van der Waals surface area contributed by atoms with Crippen molar-refractivity contribution in [2.24, 2.45) is 0 Å². The zero-order valence-corrected chi connectivity index (χ0v) is 12.8. The number of aromatic nitrogens is 2. The van der Waals surface area contributed by atoms with Gasteiger partial charge in [0, 0.05) is 36.9 Å². The van der Waals surface area contributed by atoms with Crippen molar-refractivity contribution in [1.82, 2.24) is 9.97 Å². The summed E-state index contributed by atoms with van der Waals surface area (Å²) in [5.41, 5.74) is 7.52. The molecule has 0 radical (unpaired) electrons. The minimum absolute atomic E-state index is 0.303. The predicted molar refractivity (Wildman–Crippen MR) is 87.3 cm³/mol. The van der Waals surface area contributed by atoms with E-state index in [2.05, 4.69) is 25.8 Å². The number of nitrogen functional groups attached to an aromatic ring is 1. The van der Waals surface area contributed by atoms with Gasteiger partial charge >= 0.3 is 0 Å². The maximum Gasteiger partial charge on any atom is 0.157 e. The van der Waals surface area contributed by atoms with Crippen LogP contribution < -0.4 is 15.5 Å². The Morgan fingerprint density at radius 2 is 1.71 bits per heavy atom. The maximum atomic E-state index is 6.04. The van der Waals surface area contributed by atoms with Gasteiger partial charge in [0.05, 0.1) is 0 Å². The van der Waals surface area contributed by atoms with Crippen LogP contribution in [-0.2, 0) is 0 Å². The topological polar surface area (TPSA) is 58.3 Å². The number of hydrogen-bond donors (Lipinski definition) is 1. The van der Waals surface area contributed by atoms with Crippen molar-refractivity contribution >= 4 is 40.4 Å². The highest BCUT2D eigenvalue weighted by atomic mass is 35.5. The van der Waals surface area contributed by atoms with Gasteiger partial charge < -0.3 is 15.5 Å². The number of hydrogen-bond acceptors (Lipinski definition) is 5. The molecule has 110 valence electrons. The van der Waals surface area contributed by atoms with Gasteiger partial charge in [0.1, 0.15) is 12.0 Å². The van der Waals surface area contributed by atoms with Crippen LogP contribution in [0.2, 0.25) is 10.2 Å². The molecule has 1 aliphatic rings. The summed E-state index contributed by atoms with van der Waals surface area (Å²) in [5, 5.41) is 1.05. The highest BCUT2D eigenvalue weighted by Crippen LogP contribution is 2.27. The van der Waals surface area contributed by atoms with Gasteiger partial charge in [-0.1, -0.05) is 29.3 Å². The molecule has 0 spiro atoms. The average molecular weight is 324 g/mol. The Hall–Kier alpha value is -1.72. The predicted octanol–water partition coefficient (Wildman–Crippen LogP) is 2.69. The first-order valence-electron chi connectivity index (χ1n) is 6.66. The van der Waals surface area contributed by atoms with E-state index in [-0.39, 0.29) is 0 Å². The summed E-state index contributed by atoms with van der Waals surface area (Å²) < 4.78 is 0. The van der Waals surface area contributed by atoms with E-state index in [0.717, 1.165) is 36.9 Å². The van der Waals surface area contributed by atoms with Gasteiger partial charge in [-0.15, -0.1) is 0 Å². The fourth-order valence-electron chi connectivity index (χ4n) is 2.47. The Bertz CT molecular complexity index is 641. The van der Waals surface area contributed by atoms with E-state index in [9.17, 15) is 0 Å². The van der Waals surface area contributed by atoms with Crippen LogP contribution in [0.4, 0.5) is 17.2 Å². The number of nitrogens with two attached hydrogens (primary N) is 1. The van der Waals surface area contributed by atoms with Crippen molar-refractivity contribution < 1.29 is 0 Å². The molecule has 0 saturated carbocycles. The van der Waals surface area contributed by atoms with Crippen molar-refractivity contribution in [3.63, 3.8) is 0 Å². The van der Waals surface area contributed by atoms with E-state index >= 15 is 0 Å². The van der Waals surface area contributed by atoms with Crippen LogP contribution in [0.3, 0.4) is 0 Å². The Kier molecular flexibility index (Phi) is 4.03. The van der Waals surface area contributed by atoms with Crippen LogP contribution in [0.1, 0.15) is 0 Å². The largest absolute Gasteiger partial charge is 0.393 e. The molecule has 1 aromatic heterocycles. The minimum atomic E-state index is 0.303. The highest BCUT2D eigenvalue weighted by molar-refractivity contribution is 6.32. The van der Waals surface area contributed by atoms with Crippen molar-refractivity contribution in [3.8, 4) is 0 Å². The second-order valence-corrected chi connectivity index (χ2v) is 5.65. The zero-order chi connectivity index (χ0) is 14.8. The summed E-state index contributed by atoms with van der Waals surface area (Å²) >= 11 is 12.0. The number of anilines is 3. The zero-order valence-electron chi connectivity index (χ0n) is 11.3. The molecule has 0 atom stereocenters. The fraction of sp³-hybridized carbons (Fsp3) is 0.286. The van der Waals surface area contributed by atoms with Crippen molar-refractivity contribution in [1.29, 1.82) is 0 Å². The van der Waals surface area contributed by atoms with Gasteiger partial charge in [-0.05, 0) is 18.2 Å². The quantitative estimate of drug-likeness (QED) is 0.861. The summed E-state index contributed by atoms with van der Waals surface area (Å²) in [6.07, 6.45) is 1.44. The molecular formula is C14H15Cl2N5. The van der Waals surface area contributed by atoms with Crippen LogP contribution in [0.25, 0.3) is 0 Å². The lowest BCUT2D eigenvalue weighted by Gasteiger charge is -2.37. The van der Waals surface area contributed by atoms with Crippen LogP contribution in [0.15, 0.2) is 30.6 Å².